The van der Waals surface area contributed by atoms with Gasteiger partial charge in [-0.25, -0.2) is 0 Å². The van der Waals surface area contributed by atoms with Gasteiger partial charge in [0, 0.05) is 31.7 Å². The highest BCUT2D eigenvalue weighted by molar-refractivity contribution is 7.86. The van der Waals surface area contributed by atoms with Crippen molar-refractivity contribution in [3.05, 3.63) is 0 Å². The van der Waals surface area contributed by atoms with Crippen molar-refractivity contribution in [3.63, 3.8) is 0 Å². The predicted molar refractivity (Wildman–Crippen MR) is 77.2 cm³/mol. The summed E-state index contributed by atoms with van der Waals surface area (Å²) in [6.45, 7) is 6.99. The number of nitrogens with one attached hydrogen (secondary N) is 1. The van der Waals surface area contributed by atoms with Crippen molar-refractivity contribution in [1.29, 1.82) is 0 Å². The highest BCUT2D eigenvalue weighted by Crippen LogP contribution is 2.24. The van der Waals surface area contributed by atoms with Gasteiger partial charge in [-0.15, -0.1) is 0 Å². The van der Waals surface area contributed by atoms with Crippen LogP contribution >= 0.6 is 0 Å². The van der Waals surface area contributed by atoms with Crippen LogP contribution in [0.2, 0.25) is 0 Å². The van der Waals surface area contributed by atoms with Gasteiger partial charge in [0.25, 0.3) is 10.2 Å². The summed E-state index contributed by atoms with van der Waals surface area (Å²) < 4.78 is 28.8. The molecule has 2 atom stereocenters. The van der Waals surface area contributed by atoms with E-state index in [1.807, 2.05) is 6.92 Å². The van der Waals surface area contributed by atoms with E-state index in [9.17, 15) is 8.42 Å². The Labute approximate surface area is 117 Å². The summed E-state index contributed by atoms with van der Waals surface area (Å²) in [5.41, 5.74) is 0. The number of hydrogen-bond acceptors (Lipinski definition) is 3. The molecule has 0 spiro atoms. The van der Waals surface area contributed by atoms with E-state index in [0.717, 1.165) is 38.6 Å². The molecule has 2 unspecified atom stereocenters. The lowest BCUT2D eigenvalue weighted by Crippen LogP contribution is -2.55. The summed E-state index contributed by atoms with van der Waals surface area (Å²) in [5.74, 6) is 0. The lowest BCUT2D eigenvalue weighted by molar-refractivity contribution is 0.222. The molecule has 2 saturated heterocycles. The zero-order valence-electron chi connectivity index (χ0n) is 12.1. The molecule has 2 fully saturated rings. The highest BCUT2D eigenvalue weighted by Gasteiger charge is 2.36. The summed E-state index contributed by atoms with van der Waals surface area (Å²) in [6.07, 6.45) is 5.17. The summed E-state index contributed by atoms with van der Waals surface area (Å²) in [6, 6.07) is 0.465. The Morgan fingerprint density at radius 3 is 2.63 bits per heavy atom. The number of likely N-dealkylation sites (N-methyl/N-ethyl adjacent to an activating group) is 1. The van der Waals surface area contributed by atoms with Crippen molar-refractivity contribution in [2.24, 2.45) is 0 Å². The van der Waals surface area contributed by atoms with E-state index < -0.39 is 10.2 Å². The maximum absolute atomic E-state index is 12.7. The minimum atomic E-state index is -3.26. The van der Waals surface area contributed by atoms with Gasteiger partial charge >= 0.3 is 0 Å². The fourth-order valence-corrected chi connectivity index (χ4v) is 5.11. The third-order valence-electron chi connectivity index (χ3n) is 4.24. The first-order valence-electron chi connectivity index (χ1n) is 7.56. The first-order valence-corrected chi connectivity index (χ1v) is 8.95. The van der Waals surface area contributed by atoms with E-state index in [-0.39, 0.29) is 6.04 Å². The fourth-order valence-electron chi connectivity index (χ4n) is 3.17. The van der Waals surface area contributed by atoms with Crippen molar-refractivity contribution in [3.8, 4) is 0 Å². The number of piperidine rings is 2. The highest BCUT2D eigenvalue weighted by atomic mass is 32.2. The average Bonchev–Trinajstić information content (AvgIpc) is 2.40. The van der Waals surface area contributed by atoms with Gasteiger partial charge in [0.1, 0.15) is 0 Å². The molecule has 112 valence electrons. The van der Waals surface area contributed by atoms with E-state index in [4.69, 9.17) is 0 Å². The largest absolute Gasteiger partial charge is 0.313 e. The fraction of sp³-hybridized carbons (Fsp3) is 1.00. The SMILES string of the molecule is CCNC1CCCN(S(=O)(=O)N2CCCCC2C)C1. The molecule has 2 aliphatic heterocycles. The van der Waals surface area contributed by atoms with Crippen LogP contribution in [0.1, 0.15) is 46.0 Å². The van der Waals surface area contributed by atoms with Gasteiger partial charge in [-0.3, -0.25) is 0 Å². The van der Waals surface area contributed by atoms with Gasteiger partial charge in [-0.2, -0.15) is 17.0 Å². The number of rotatable bonds is 4. The summed E-state index contributed by atoms with van der Waals surface area (Å²) in [5, 5.41) is 3.38. The van der Waals surface area contributed by atoms with Gasteiger partial charge in [0.05, 0.1) is 0 Å². The maximum Gasteiger partial charge on any atom is 0.282 e. The number of hydrogen-bond donors (Lipinski definition) is 1. The van der Waals surface area contributed by atoms with Gasteiger partial charge in [-0.05, 0) is 39.2 Å². The van der Waals surface area contributed by atoms with Crippen LogP contribution in [-0.2, 0) is 10.2 Å². The Balaban J connectivity index is 2.05. The van der Waals surface area contributed by atoms with Gasteiger partial charge in [0.2, 0.25) is 0 Å². The molecular formula is C13H27N3O2S. The quantitative estimate of drug-likeness (QED) is 0.845. The third-order valence-corrected chi connectivity index (χ3v) is 6.36. The van der Waals surface area contributed by atoms with Crippen molar-refractivity contribution in [2.45, 2.75) is 58.0 Å². The summed E-state index contributed by atoms with van der Waals surface area (Å²) >= 11 is 0. The normalized spacial score (nSPS) is 31.5. The Hall–Kier alpha value is -0.170. The predicted octanol–water partition coefficient (Wildman–Crippen LogP) is 1.18. The topological polar surface area (TPSA) is 52.7 Å². The molecule has 0 aromatic heterocycles. The molecular weight excluding hydrogens is 262 g/mol. The minimum absolute atomic E-state index is 0.151. The summed E-state index contributed by atoms with van der Waals surface area (Å²) in [4.78, 5) is 0. The molecule has 0 amide bonds. The molecule has 2 rings (SSSR count). The first kappa shape index (κ1) is 15.2. The van der Waals surface area contributed by atoms with Gasteiger partial charge in [0.15, 0.2) is 0 Å². The molecule has 19 heavy (non-hydrogen) atoms. The van der Waals surface area contributed by atoms with Crippen LogP contribution in [0.15, 0.2) is 0 Å². The van der Waals surface area contributed by atoms with Gasteiger partial charge in [-0.1, -0.05) is 13.3 Å². The van der Waals surface area contributed by atoms with Crippen molar-refractivity contribution >= 4 is 10.2 Å². The third kappa shape index (κ3) is 3.48. The molecule has 5 nitrogen and oxygen atoms in total. The van der Waals surface area contributed by atoms with Crippen LogP contribution in [0, 0.1) is 0 Å². The first-order chi connectivity index (χ1) is 9.05. The van der Waals surface area contributed by atoms with Crippen LogP contribution in [-0.4, -0.2) is 55.3 Å². The van der Waals surface area contributed by atoms with E-state index >= 15 is 0 Å². The molecule has 2 aliphatic rings. The molecule has 0 aliphatic carbocycles. The smallest absolute Gasteiger partial charge is 0.282 e. The zero-order chi connectivity index (χ0) is 13.9. The van der Waals surface area contributed by atoms with Crippen molar-refractivity contribution in [1.82, 2.24) is 13.9 Å². The Kier molecular flexibility index (Phi) is 5.22. The second-order valence-corrected chi connectivity index (χ2v) is 7.60. The zero-order valence-corrected chi connectivity index (χ0v) is 13.0. The van der Waals surface area contributed by atoms with Crippen LogP contribution < -0.4 is 5.32 Å². The van der Waals surface area contributed by atoms with E-state index in [2.05, 4.69) is 12.2 Å². The number of nitrogens with zero attached hydrogens (tertiary/aromatic N) is 2. The molecule has 2 heterocycles. The lowest BCUT2D eigenvalue weighted by Gasteiger charge is -2.39. The molecule has 0 radical (unpaired) electrons. The van der Waals surface area contributed by atoms with E-state index in [1.165, 1.54) is 0 Å². The van der Waals surface area contributed by atoms with Crippen LogP contribution in [0.4, 0.5) is 0 Å². The second kappa shape index (κ2) is 6.52. The Bertz CT molecular complexity index is 383. The lowest BCUT2D eigenvalue weighted by atomic mass is 10.1. The standard InChI is InChI=1S/C13H27N3O2S/c1-3-14-13-8-6-9-15(11-13)19(17,18)16-10-5-4-7-12(16)2/h12-14H,3-11H2,1-2H3. The minimum Gasteiger partial charge on any atom is -0.313 e. The Morgan fingerprint density at radius 2 is 1.95 bits per heavy atom. The van der Waals surface area contributed by atoms with Crippen LogP contribution in [0.5, 0.6) is 0 Å². The molecule has 0 bridgehead atoms. The average molecular weight is 289 g/mol. The monoisotopic (exact) mass is 289 g/mol. The van der Waals surface area contributed by atoms with Crippen molar-refractivity contribution < 1.29 is 8.42 Å². The van der Waals surface area contributed by atoms with Crippen LogP contribution in [0.3, 0.4) is 0 Å². The molecule has 0 aromatic rings. The van der Waals surface area contributed by atoms with Crippen LogP contribution in [0.25, 0.3) is 0 Å². The maximum atomic E-state index is 12.7. The Morgan fingerprint density at radius 1 is 1.16 bits per heavy atom. The van der Waals surface area contributed by atoms with E-state index in [0.29, 0.717) is 25.7 Å². The summed E-state index contributed by atoms with van der Waals surface area (Å²) in [7, 11) is -3.26. The molecule has 1 N–H and O–H groups in total. The second-order valence-electron chi connectivity index (χ2n) is 5.72. The molecule has 0 aromatic carbocycles. The van der Waals surface area contributed by atoms with Crippen molar-refractivity contribution in [2.75, 3.05) is 26.2 Å². The molecule has 0 saturated carbocycles. The van der Waals surface area contributed by atoms with Gasteiger partial charge < -0.3 is 5.32 Å². The van der Waals surface area contributed by atoms with E-state index in [1.54, 1.807) is 8.61 Å². The molecule has 6 heteroatoms.